The Hall–Kier alpha value is -4.10. The minimum atomic E-state index is -0.452. The maximum absolute atomic E-state index is 13.1. The van der Waals surface area contributed by atoms with Gasteiger partial charge in [0.25, 0.3) is 5.91 Å². The Bertz CT molecular complexity index is 1250. The van der Waals surface area contributed by atoms with Crippen molar-refractivity contribution in [2.45, 2.75) is 10.1 Å². The van der Waals surface area contributed by atoms with Crippen LogP contribution in [0.4, 0.5) is 11.4 Å². The summed E-state index contributed by atoms with van der Waals surface area (Å²) >= 11 is 1.44. The number of benzene rings is 3. The summed E-state index contributed by atoms with van der Waals surface area (Å²) in [7, 11) is 1.56. The van der Waals surface area contributed by atoms with Crippen LogP contribution in [0.5, 0.6) is 5.75 Å². The topological polar surface area (TPSA) is 80.3 Å². The van der Waals surface area contributed by atoms with Crippen LogP contribution >= 0.6 is 11.8 Å². The van der Waals surface area contributed by atoms with Crippen LogP contribution in [-0.4, -0.2) is 23.9 Å². The number of hydrogen-bond acceptors (Lipinski definition) is 5. The Kier molecular flexibility index (Phi) is 7.57. The Morgan fingerprint density at radius 3 is 2.24 bits per heavy atom. The molecule has 0 bridgehead atoms. The summed E-state index contributed by atoms with van der Waals surface area (Å²) in [4.78, 5) is 30.6. The lowest BCUT2D eigenvalue weighted by Gasteiger charge is -2.17. The molecule has 2 N–H and O–H groups in total. The SMILES string of the molecule is COc1cccc(C(=O)Nc2ccc(SC(C(=O)Nc3ccncc3)c3ccccc3)cc2)c1. The fourth-order valence-electron chi connectivity index (χ4n) is 3.26. The number of ether oxygens (including phenoxy) is 1. The second kappa shape index (κ2) is 11.2. The largest absolute Gasteiger partial charge is 0.497 e. The molecule has 0 spiro atoms. The van der Waals surface area contributed by atoms with E-state index in [2.05, 4.69) is 15.6 Å². The maximum Gasteiger partial charge on any atom is 0.255 e. The normalized spacial score (nSPS) is 11.3. The van der Waals surface area contributed by atoms with Crippen LogP contribution in [0.1, 0.15) is 21.2 Å². The van der Waals surface area contributed by atoms with Crippen molar-refractivity contribution < 1.29 is 14.3 Å². The highest BCUT2D eigenvalue weighted by Gasteiger charge is 2.22. The molecule has 4 aromatic rings. The van der Waals surface area contributed by atoms with Gasteiger partial charge < -0.3 is 15.4 Å². The highest BCUT2D eigenvalue weighted by Crippen LogP contribution is 2.36. The third-order valence-corrected chi connectivity index (χ3v) is 6.25. The van der Waals surface area contributed by atoms with E-state index in [1.54, 1.807) is 55.9 Å². The molecule has 4 rings (SSSR count). The molecule has 0 radical (unpaired) electrons. The van der Waals surface area contributed by atoms with E-state index in [0.29, 0.717) is 22.7 Å². The number of hydrogen-bond donors (Lipinski definition) is 2. The molecular weight excluding hydrogens is 446 g/mol. The molecule has 1 heterocycles. The number of carbonyl (C=O) groups is 2. The number of nitrogens with zero attached hydrogens (tertiary/aromatic N) is 1. The van der Waals surface area contributed by atoms with E-state index in [9.17, 15) is 9.59 Å². The van der Waals surface area contributed by atoms with Gasteiger partial charge in [0.1, 0.15) is 11.0 Å². The zero-order valence-electron chi connectivity index (χ0n) is 18.5. The number of aromatic nitrogens is 1. The first-order valence-corrected chi connectivity index (χ1v) is 11.5. The lowest BCUT2D eigenvalue weighted by atomic mass is 10.1. The van der Waals surface area contributed by atoms with Crippen LogP contribution in [0, 0.1) is 0 Å². The van der Waals surface area contributed by atoms with Crippen molar-refractivity contribution in [2.75, 3.05) is 17.7 Å². The number of carbonyl (C=O) groups excluding carboxylic acids is 2. The molecule has 6 nitrogen and oxygen atoms in total. The number of nitrogens with one attached hydrogen (secondary N) is 2. The van der Waals surface area contributed by atoms with Gasteiger partial charge >= 0.3 is 0 Å². The van der Waals surface area contributed by atoms with Gasteiger partial charge in [-0.2, -0.15) is 0 Å². The van der Waals surface area contributed by atoms with E-state index in [-0.39, 0.29) is 11.8 Å². The zero-order chi connectivity index (χ0) is 23.8. The first-order valence-electron chi connectivity index (χ1n) is 10.6. The van der Waals surface area contributed by atoms with Crippen LogP contribution in [0.3, 0.4) is 0 Å². The average molecular weight is 470 g/mol. The van der Waals surface area contributed by atoms with Crippen LogP contribution in [0.25, 0.3) is 0 Å². The Labute approximate surface area is 202 Å². The Morgan fingerprint density at radius 2 is 1.53 bits per heavy atom. The fourth-order valence-corrected chi connectivity index (χ4v) is 4.29. The maximum atomic E-state index is 13.1. The first kappa shape index (κ1) is 23.1. The molecule has 1 unspecified atom stereocenters. The summed E-state index contributed by atoms with van der Waals surface area (Å²) < 4.78 is 5.18. The molecule has 0 aliphatic carbocycles. The van der Waals surface area contributed by atoms with Gasteiger partial charge in [0.2, 0.25) is 5.91 Å². The number of thioether (sulfide) groups is 1. The lowest BCUT2D eigenvalue weighted by molar-refractivity contribution is -0.115. The van der Waals surface area contributed by atoms with Crippen LogP contribution < -0.4 is 15.4 Å². The summed E-state index contributed by atoms with van der Waals surface area (Å²) in [6, 6.07) is 27.5. The molecule has 1 aromatic heterocycles. The summed E-state index contributed by atoms with van der Waals surface area (Å²) in [5.74, 6) is 0.271. The molecule has 0 aliphatic rings. The van der Waals surface area contributed by atoms with Crippen molar-refractivity contribution in [1.29, 1.82) is 0 Å². The average Bonchev–Trinajstić information content (AvgIpc) is 2.89. The predicted molar refractivity (Wildman–Crippen MR) is 135 cm³/mol. The fraction of sp³-hybridized carbons (Fsp3) is 0.0741. The van der Waals surface area contributed by atoms with Gasteiger partial charge in [0.15, 0.2) is 0 Å². The van der Waals surface area contributed by atoms with Crippen molar-refractivity contribution >= 4 is 35.0 Å². The van der Waals surface area contributed by atoms with Gasteiger partial charge in [-0.1, -0.05) is 36.4 Å². The van der Waals surface area contributed by atoms with Gasteiger partial charge in [0.05, 0.1) is 7.11 Å². The minimum Gasteiger partial charge on any atom is -0.497 e. The molecule has 0 saturated heterocycles. The van der Waals surface area contributed by atoms with E-state index < -0.39 is 5.25 Å². The number of anilines is 2. The lowest BCUT2D eigenvalue weighted by Crippen LogP contribution is -2.19. The van der Waals surface area contributed by atoms with E-state index >= 15 is 0 Å². The summed E-state index contributed by atoms with van der Waals surface area (Å²) in [5, 5.41) is 5.39. The zero-order valence-corrected chi connectivity index (χ0v) is 19.3. The summed E-state index contributed by atoms with van der Waals surface area (Å²) in [6.45, 7) is 0. The number of methoxy groups -OCH3 is 1. The van der Waals surface area contributed by atoms with Crippen LogP contribution in [0.15, 0.2) is 108 Å². The minimum absolute atomic E-state index is 0.127. The molecule has 0 fully saturated rings. The molecule has 3 aromatic carbocycles. The van der Waals surface area contributed by atoms with E-state index in [0.717, 1.165) is 10.5 Å². The summed E-state index contributed by atoms with van der Waals surface area (Å²) in [5.41, 5.74) is 2.76. The monoisotopic (exact) mass is 469 g/mol. The van der Waals surface area contributed by atoms with Gasteiger partial charge in [-0.15, -0.1) is 11.8 Å². The van der Waals surface area contributed by atoms with E-state index in [4.69, 9.17) is 4.74 Å². The number of rotatable bonds is 8. The van der Waals surface area contributed by atoms with Crippen molar-refractivity contribution in [2.24, 2.45) is 0 Å². The summed E-state index contributed by atoms with van der Waals surface area (Å²) in [6.07, 6.45) is 3.28. The molecule has 170 valence electrons. The van der Waals surface area contributed by atoms with Crippen molar-refractivity contribution in [1.82, 2.24) is 4.98 Å². The van der Waals surface area contributed by atoms with Crippen LogP contribution in [-0.2, 0) is 4.79 Å². The molecular formula is C27H23N3O3S. The second-order valence-electron chi connectivity index (χ2n) is 7.34. The third-order valence-electron chi connectivity index (χ3n) is 4.99. The highest BCUT2D eigenvalue weighted by molar-refractivity contribution is 8.00. The van der Waals surface area contributed by atoms with Gasteiger partial charge in [0, 0.05) is 34.2 Å². The van der Waals surface area contributed by atoms with Crippen molar-refractivity contribution in [3.8, 4) is 5.75 Å². The molecule has 7 heteroatoms. The molecule has 1 atom stereocenters. The van der Waals surface area contributed by atoms with E-state index in [1.807, 2.05) is 54.6 Å². The van der Waals surface area contributed by atoms with Gasteiger partial charge in [-0.05, 0) is 60.2 Å². The third kappa shape index (κ3) is 6.02. The standard InChI is InChI=1S/C27H23N3O3S/c1-33-23-9-5-8-20(18-23)26(31)29-21-10-12-24(13-11-21)34-25(19-6-3-2-4-7-19)27(32)30-22-14-16-28-17-15-22/h2-18,25H,1H3,(H,29,31)(H,28,30,32). The number of amides is 2. The highest BCUT2D eigenvalue weighted by atomic mass is 32.2. The van der Waals surface area contributed by atoms with Crippen LogP contribution in [0.2, 0.25) is 0 Å². The molecule has 0 saturated carbocycles. The second-order valence-corrected chi connectivity index (χ2v) is 8.52. The van der Waals surface area contributed by atoms with Gasteiger partial charge in [-0.25, -0.2) is 0 Å². The van der Waals surface area contributed by atoms with Crippen molar-refractivity contribution in [3.05, 3.63) is 115 Å². The quantitative estimate of drug-likeness (QED) is 0.318. The van der Waals surface area contributed by atoms with Gasteiger partial charge in [-0.3, -0.25) is 14.6 Å². The van der Waals surface area contributed by atoms with E-state index in [1.165, 1.54) is 11.8 Å². The van der Waals surface area contributed by atoms with Crippen molar-refractivity contribution in [3.63, 3.8) is 0 Å². The molecule has 34 heavy (non-hydrogen) atoms. The Morgan fingerprint density at radius 1 is 0.824 bits per heavy atom. The first-order chi connectivity index (χ1) is 16.6. The smallest absolute Gasteiger partial charge is 0.255 e. The molecule has 2 amide bonds. The Balaban J connectivity index is 1.47. The molecule has 0 aliphatic heterocycles. The number of pyridine rings is 1. The predicted octanol–water partition coefficient (Wildman–Crippen LogP) is 5.81.